The van der Waals surface area contributed by atoms with Gasteiger partial charge in [0.2, 0.25) is 0 Å². The van der Waals surface area contributed by atoms with Gasteiger partial charge in [0.05, 0.1) is 5.56 Å². The Kier molecular flexibility index (Phi) is 3.76. The molecule has 5 heteroatoms. The Balaban J connectivity index is 1.67. The predicted octanol–water partition coefficient (Wildman–Crippen LogP) is 3.81. The maximum absolute atomic E-state index is 12.5. The summed E-state index contributed by atoms with van der Waals surface area (Å²) in [6.07, 6.45) is 0.159. The zero-order chi connectivity index (χ0) is 14.9. The van der Waals surface area contributed by atoms with Crippen molar-refractivity contribution >= 4 is 0 Å². The maximum Gasteiger partial charge on any atom is 0.416 e. The van der Waals surface area contributed by atoms with Crippen molar-refractivity contribution in [1.29, 1.82) is 0 Å². The van der Waals surface area contributed by atoms with E-state index in [9.17, 15) is 13.2 Å². The zero-order valence-corrected chi connectivity index (χ0v) is 11.5. The van der Waals surface area contributed by atoms with E-state index in [0.717, 1.165) is 29.9 Å². The molecule has 112 valence electrons. The summed E-state index contributed by atoms with van der Waals surface area (Å²) in [5.41, 5.74) is 1.42. The quantitative estimate of drug-likeness (QED) is 0.887. The Hall–Kier alpha value is -1.75. The third kappa shape index (κ3) is 3.67. The zero-order valence-electron chi connectivity index (χ0n) is 11.5. The summed E-state index contributed by atoms with van der Waals surface area (Å²) >= 11 is 0. The van der Waals surface area contributed by atoms with Crippen molar-refractivity contribution < 1.29 is 13.2 Å². The van der Waals surface area contributed by atoms with E-state index >= 15 is 0 Å². The number of hydrogen-bond donors (Lipinski definition) is 1. The Morgan fingerprint density at radius 3 is 2.43 bits per heavy atom. The molecule has 0 radical (unpaired) electrons. The largest absolute Gasteiger partial charge is 0.416 e. The highest BCUT2D eigenvalue weighted by Gasteiger charge is 2.29. The standard InChI is InChI=1S/C16H17F3N2/c17-16(18,19)13-5-3-12(4-6-13)11-21-9-1-2-15(21)10-20-14-7-8-14/h1-6,9,14,20H,7-8,10-11H2. The summed E-state index contributed by atoms with van der Waals surface area (Å²) in [4.78, 5) is 0. The first kappa shape index (κ1) is 14.2. The predicted molar refractivity (Wildman–Crippen MR) is 74.8 cm³/mol. The molecule has 1 aliphatic rings. The van der Waals surface area contributed by atoms with Gasteiger partial charge in [-0.15, -0.1) is 0 Å². The number of benzene rings is 1. The molecule has 2 nitrogen and oxygen atoms in total. The Morgan fingerprint density at radius 2 is 1.81 bits per heavy atom. The Bertz CT molecular complexity index is 595. The van der Waals surface area contributed by atoms with Crippen LogP contribution >= 0.6 is 0 Å². The van der Waals surface area contributed by atoms with Gasteiger partial charge in [-0.05, 0) is 42.7 Å². The lowest BCUT2D eigenvalue weighted by atomic mass is 10.1. The van der Waals surface area contributed by atoms with Gasteiger partial charge in [-0.2, -0.15) is 13.2 Å². The molecule has 1 aliphatic carbocycles. The highest BCUT2D eigenvalue weighted by molar-refractivity contribution is 5.25. The van der Waals surface area contributed by atoms with Crippen LogP contribution in [0.25, 0.3) is 0 Å². The monoisotopic (exact) mass is 294 g/mol. The van der Waals surface area contributed by atoms with Crippen LogP contribution in [0.4, 0.5) is 13.2 Å². The molecule has 1 aromatic carbocycles. The smallest absolute Gasteiger partial charge is 0.346 e. The SMILES string of the molecule is FC(F)(F)c1ccc(Cn2cccc2CNC2CC2)cc1. The van der Waals surface area contributed by atoms with Crippen LogP contribution in [-0.2, 0) is 19.3 Å². The second-order valence-electron chi connectivity index (χ2n) is 5.48. The fraction of sp³-hybridized carbons (Fsp3) is 0.375. The van der Waals surface area contributed by atoms with Crippen molar-refractivity contribution in [2.75, 3.05) is 0 Å². The third-order valence-electron chi connectivity index (χ3n) is 3.71. The summed E-state index contributed by atoms with van der Waals surface area (Å²) in [6.45, 7) is 1.39. The molecule has 0 bridgehead atoms. The lowest BCUT2D eigenvalue weighted by Crippen LogP contribution is -2.18. The first-order valence-electron chi connectivity index (χ1n) is 7.06. The van der Waals surface area contributed by atoms with E-state index in [1.807, 2.05) is 18.3 Å². The molecule has 2 aromatic rings. The van der Waals surface area contributed by atoms with Crippen molar-refractivity contribution in [3.05, 3.63) is 59.4 Å². The fourth-order valence-corrected chi connectivity index (χ4v) is 2.30. The highest BCUT2D eigenvalue weighted by atomic mass is 19.4. The fourth-order valence-electron chi connectivity index (χ4n) is 2.30. The van der Waals surface area contributed by atoms with Gasteiger partial charge >= 0.3 is 6.18 Å². The van der Waals surface area contributed by atoms with Crippen LogP contribution in [0.1, 0.15) is 29.7 Å². The summed E-state index contributed by atoms with van der Waals surface area (Å²) in [5, 5.41) is 3.44. The van der Waals surface area contributed by atoms with Gasteiger partial charge in [0, 0.05) is 31.0 Å². The second kappa shape index (κ2) is 5.56. The molecule has 0 unspecified atom stereocenters. The van der Waals surface area contributed by atoms with Crippen molar-refractivity contribution in [3.63, 3.8) is 0 Å². The molecular weight excluding hydrogens is 277 g/mol. The van der Waals surface area contributed by atoms with Gasteiger partial charge in [-0.25, -0.2) is 0 Å². The summed E-state index contributed by atoms with van der Waals surface area (Å²) in [5.74, 6) is 0. The highest BCUT2D eigenvalue weighted by Crippen LogP contribution is 2.29. The minimum atomic E-state index is -4.27. The number of halogens is 3. The van der Waals surface area contributed by atoms with Crippen LogP contribution in [0.5, 0.6) is 0 Å². The van der Waals surface area contributed by atoms with E-state index in [1.54, 1.807) is 12.1 Å². The molecular formula is C16H17F3N2. The Morgan fingerprint density at radius 1 is 1.10 bits per heavy atom. The minimum Gasteiger partial charge on any atom is -0.346 e. The molecule has 1 heterocycles. The van der Waals surface area contributed by atoms with E-state index < -0.39 is 11.7 Å². The van der Waals surface area contributed by atoms with Crippen LogP contribution in [0.2, 0.25) is 0 Å². The molecule has 21 heavy (non-hydrogen) atoms. The molecule has 1 N–H and O–H groups in total. The topological polar surface area (TPSA) is 17.0 Å². The lowest BCUT2D eigenvalue weighted by molar-refractivity contribution is -0.137. The van der Waals surface area contributed by atoms with Gasteiger partial charge < -0.3 is 9.88 Å². The van der Waals surface area contributed by atoms with E-state index in [0.29, 0.717) is 12.6 Å². The molecule has 0 atom stereocenters. The average Bonchev–Trinajstić information content (AvgIpc) is 3.17. The lowest BCUT2D eigenvalue weighted by Gasteiger charge is -2.11. The summed E-state index contributed by atoms with van der Waals surface area (Å²) in [7, 11) is 0. The average molecular weight is 294 g/mol. The Labute approximate surface area is 121 Å². The molecule has 1 aromatic heterocycles. The molecule has 1 fully saturated rings. The van der Waals surface area contributed by atoms with Gasteiger partial charge in [0.25, 0.3) is 0 Å². The molecule has 3 rings (SSSR count). The first-order chi connectivity index (χ1) is 10.0. The normalized spacial score (nSPS) is 15.4. The first-order valence-corrected chi connectivity index (χ1v) is 7.06. The summed E-state index contributed by atoms with van der Waals surface area (Å²) in [6, 6.07) is 10.0. The third-order valence-corrected chi connectivity index (χ3v) is 3.71. The van der Waals surface area contributed by atoms with Crippen molar-refractivity contribution in [2.45, 2.75) is 38.1 Å². The van der Waals surface area contributed by atoms with Crippen LogP contribution in [0, 0.1) is 0 Å². The van der Waals surface area contributed by atoms with E-state index in [4.69, 9.17) is 0 Å². The van der Waals surface area contributed by atoms with Crippen LogP contribution in [0.15, 0.2) is 42.6 Å². The molecule has 0 saturated heterocycles. The van der Waals surface area contributed by atoms with Crippen LogP contribution in [-0.4, -0.2) is 10.6 Å². The minimum absolute atomic E-state index is 0.590. The van der Waals surface area contributed by atoms with Crippen molar-refractivity contribution in [1.82, 2.24) is 9.88 Å². The maximum atomic E-state index is 12.5. The number of hydrogen-bond acceptors (Lipinski definition) is 1. The van der Waals surface area contributed by atoms with Gasteiger partial charge in [-0.3, -0.25) is 0 Å². The van der Waals surface area contributed by atoms with Crippen LogP contribution in [0.3, 0.4) is 0 Å². The van der Waals surface area contributed by atoms with Gasteiger partial charge in [0.1, 0.15) is 0 Å². The number of aromatic nitrogens is 1. The van der Waals surface area contributed by atoms with Crippen molar-refractivity contribution in [2.24, 2.45) is 0 Å². The molecule has 0 amide bonds. The van der Waals surface area contributed by atoms with Crippen molar-refractivity contribution in [3.8, 4) is 0 Å². The van der Waals surface area contributed by atoms with E-state index in [1.165, 1.54) is 12.8 Å². The van der Waals surface area contributed by atoms with E-state index in [-0.39, 0.29) is 0 Å². The van der Waals surface area contributed by atoms with Gasteiger partial charge in [-0.1, -0.05) is 12.1 Å². The summed E-state index contributed by atoms with van der Waals surface area (Å²) < 4.78 is 39.7. The number of nitrogens with one attached hydrogen (secondary N) is 1. The van der Waals surface area contributed by atoms with Crippen LogP contribution < -0.4 is 5.32 Å². The van der Waals surface area contributed by atoms with Gasteiger partial charge in [0.15, 0.2) is 0 Å². The molecule has 1 saturated carbocycles. The molecule has 0 spiro atoms. The number of alkyl halides is 3. The van der Waals surface area contributed by atoms with E-state index in [2.05, 4.69) is 9.88 Å². The molecule has 0 aliphatic heterocycles. The number of nitrogens with zero attached hydrogens (tertiary/aromatic N) is 1. The number of rotatable bonds is 5. The second-order valence-corrected chi connectivity index (χ2v) is 5.48.